The molecule has 0 unspecified atom stereocenters. The summed E-state index contributed by atoms with van der Waals surface area (Å²) in [6, 6.07) is 14.9. The Bertz CT molecular complexity index is 2950. The summed E-state index contributed by atoms with van der Waals surface area (Å²) in [7, 11) is 0. The van der Waals surface area contributed by atoms with Crippen LogP contribution < -0.4 is 369 Å². The van der Waals surface area contributed by atoms with Crippen LogP contribution in [0.5, 0.6) is 17.2 Å². The largest absolute Gasteiger partial charge is 1.00 e. The van der Waals surface area contributed by atoms with Gasteiger partial charge in [0.2, 0.25) is 5.43 Å². The van der Waals surface area contributed by atoms with Gasteiger partial charge in [0, 0.05) is 52.3 Å². The maximum Gasteiger partial charge on any atom is 1.00 e. The van der Waals surface area contributed by atoms with Gasteiger partial charge in [0.25, 0.3) is 5.91 Å². The Morgan fingerprint density at radius 3 is 1.67 bits per heavy atom. The first-order valence-electron chi connectivity index (χ1n) is 19.3. The van der Waals surface area contributed by atoms with Gasteiger partial charge >= 0.3 is 308 Å². The summed E-state index contributed by atoms with van der Waals surface area (Å²) in [5, 5.41) is 72.7. The number of fused-ring (bicyclic) bond motifs is 2. The molecule has 4 aromatic carbocycles. The maximum atomic E-state index is 14.7. The Labute approximate surface area is 663 Å². The molecular weight excluding hydrogens is 1110 g/mol. The van der Waals surface area contributed by atoms with E-state index in [2.05, 4.69) is 5.32 Å². The fourth-order valence-electron chi connectivity index (χ4n) is 7.01. The summed E-state index contributed by atoms with van der Waals surface area (Å²) in [4.78, 5) is 85.8. The number of benzene rings is 5. The molecule has 0 aromatic heterocycles. The molecule has 1 N–H and O–H groups in total. The third-order valence-corrected chi connectivity index (χ3v) is 9.69. The van der Waals surface area contributed by atoms with Gasteiger partial charge in [-0.2, -0.15) is 0 Å². The van der Waals surface area contributed by atoms with E-state index in [1.165, 1.54) is 42.5 Å². The molecule has 0 fully saturated rings. The second kappa shape index (κ2) is 34.3. The number of nitrogens with zero attached hydrogens (tertiary/aromatic N) is 2. The number of carbonyl (C=O) groups excluding carboxylic acids is 6. The predicted molar refractivity (Wildman–Crippen MR) is 214 cm³/mol. The van der Waals surface area contributed by atoms with Crippen LogP contribution in [0.3, 0.4) is 0 Å². The number of nitrogens with one attached hydrogen (secondary N) is 1. The first-order valence-corrected chi connectivity index (χ1v) is 19.3. The predicted octanol–water partition coefficient (Wildman–Crippen LogP) is -20.1. The second-order valence-corrected chi connectivity index (χ2v) is 14.5. The number of ether oxygens (including phenoxy) is 2. The number of hydrogen-bond acceptors (Lipinski definition) is 18. The van der Waals surface area contributed by atoms with Crippen molar-refractivity contribution in [2.24, 2.45) is 0 Å². The molecule has 0 radical (unpaired) electrons. The number of carbonyl (C=O) groups is 6. The van der Waals surface area contributed by atoms with Gasteiger partial charge in [-0.3, -0.25) is 9.59 Å². The van der Waals surface area contributed by atoms with Gasteiger partial charge in [-0.05, 0) is 78.2 Å². The van der Waals surface area contributed by atoms with Crippen molar-refractivity contribution >= 4 is 63.8 Å². The summed E-state index contributed by atoms with van der Waals surface area (Å²) < 4.78 is 46.8. The zero-order valence-electron chi connectivity index (χ0n) is 40.1. The van der Waals surface area contributed by atoms with E-state index in [0.29, 0.717) is 5.56 Å². The smallest absolute Gasteiger partial charge is 0.870 e. The van der Waals surface area contributed by atoms with E-state index >= 15 is 0 Å². The molecule has 0 saturated heterocycles. The topological polar surface area (TPSA) is 308 Å². The molecule has 72 heavy (non-hydrogen) atoms. The van der Waals surface area contributed by atoms with Gasteiger partial charge in [0.05, 0.1) is 61.4 Å². The first kappa shape index (κ1) is 73.1. The number of anilines is 3. The molecule has 1 heterocycles. The minimum atomic E-state index is -1.69. The fourth-order valence-corrected chi connectivity index (χ4v) is 7.01. The molecule has 342 valence electrons. The molecule has 27 heteroatoms. The van der Waals surface area contributed by atoms with E-state index < -0.39 is 91.2 Å². The Hall–Kier alpha value is 1.07. The molecule has 19 nitrogen and oxygen atoms in total. The third kappa shape index (κ3) is 20.3. The maximum absolute atomic E-state index is 14.7. The van der Waals surface area contributed by atoms with Gasteiger partial charge in [-0.25, -0.2) is 8.78 Å². The summed E-state index contributed by atoms with van der Waals surface area (Å²) in [5.41, 5.74) is -1.24. The van der Waals surface area contributed by atoms with Crippen LogP contribution in [-0.4, -0.2) is 75.1 Å². The Morgan fingerprint density at radius 1 is 0.611 bits per heavy atom. The first-order chi connectivity index (χ1) is 31.3. The SMILES string of the molecule is Cc1ccc(N(CC(=O)[O-])CC(=O)[O-])c(OCCOc2cc(NC(=O)c3ccc(-c4c5cc(F)c(=O)cc-5oc5cc([O-])c(F)cc45)c(CC(=O)[O-])c3)ccc2N(CC(=O)[O-])CC(=O)[O-])c1.[K+].[K+].[K+].[K+].[K+].[K+]. The summed E-state index contributed by atoms with van der Waals surface area (Å²) in [6.45, 7) is -2.64. The van der Waals surface area contributed by atoms with Crippen LogP contribution in [0.2, 0.25) is 0 Å². The second-order valence-electron chi connectivity index (χ2n) is 14.5. The number of rotatable bonds is 20. The summed E-state index contributed by atoms with van der Waals surface area (Å²) in [5.74, 6) is -13.0. The minimum absolute atomic E-state index is 0. The van der Waals surface area contributed by atoms with Gasteiger partial charge < -0.3 is 83.6 Å². The summed E-state index contributed by atoms with van der Waals surface area (Å²) >= 11 is 0. The van der Waals surface area contributed by atoms with E-state index in [4.69, 9.17) is 13.9 Å². The number of aryl methyl sites for hydroxylation is 1. The molecular formula is C45H31F2K6N3O16. The van der Waals surface area contributed by atoms with E-state index in [1.54, 1.807) is 13.0 Å². The molecule has 1 aliphatic heterocycles. The standard InChI is InChI=1S/C45H37F2N3O16.6K/c1-22-2-6-31(49(18-40(55)56)19-41(57)58)37(10-22)64-8-9-65-38-13-25(4-7-32(38)50(20-42(59)60)21-43(61)62)48-45(63)23-3-5-26(24(11-23)12-39(53)54)44-27-14-29(46)33(51)16-35(27)66-36-17-34(52)30(47)15-28(36)44;;;;;;/h2-7,10-11,13-17,51H,8-9,12,18-21H2,1H3,(H,48,63)(H,53,54)(H,55,56)(H,57,58)(H,59,60)(H,61,62);;;;;;/q;6*+1/p-6. The molecule has 0 saturated carbocycles. The van der Waals surface area contributed by atoms with Crippen molar-refractivity contribution in [3.05, 3.63) is 117 Å². The Kier molecular flexibility index (Phi) is 34.8. The van der Waals surface area contributed by atoms with Crippen molar-refractivity contribution in [2.45, 2.75) is 13.3 Å². The molecule has 6 rings (SSSR count). The van der Waals surface area contributed by atoms with E-state index in [1.807, 2.05) is 0 Å². The number of halogens is 2. The molecule has 0 spiro atoms. The molecule has 1 aliphatic carbocycles. The Morgan fingerprint density at radius 2 is 1.14 bits per heavy atom. The van der Waals surface area contributed by atoms with Gasteiger partial charge in [-0.15, -0.1) is 0 Å². The van der Waals surface area contributed by atoms with Crippen molar-refractivity contribution in [1.29, 1.82) is 0 Å². The molecule has 0 bridgehead atoms. The molecule has 1 amide bonds. The summed E-state index contributed by atoms with van der Waals surface area (Å²) in [6.07, 6.45) is -0.854. The normalized spacial score (nSPS) is 10.0. The number of aliphatic carboxylic acids is 5. The minimum Gasteiger partial charge on any atom is -0.870 e. The third-order valence-electron chi connectivity index (χ3n) is 9.69. The van der Waals surface area contributed by atoms with E-state index in [9.17, 15) is 73.0 Å². The fraction of sp³-hybridized carbons (Fsp3) is 0.178. The Balaban J connectivity index is 0.00000840. The van der Waals surface area contributed by atoms with E-state index in [0.717, 1.165) is 40.1 Å². The average Bonchev–Trinajstić information content (AvgIpc) is 3.22. The van der Waals surface area contributed by atoms with Crippen LogP contribution in [-0.2, 0) is 30.4 Å². The van der Waals surface area contributed by atoms with Gasteiger partial charge in [0.1, 0.15) is 41.9 Å². The number of carboxylic acid groups (broad SMARTS) is 5. The van der Waals surface area contributed by atoms with Gasteiger partial charge in [-0.1, -0.05) is 17.9 Å². The van der Waals surface area contributed by atoms with Crippen LogP contribution in [0.15, 0.2) is 88.1 Å². The number of carboxylic acids is 5. The van der Waals surface area contributed by atoms with Crippen LogP contribution in [0, 0.1) is 18.6 Å². The molecule has 2 aliphatic rings. The van der Waals surface area contributed by atoms with Crippen molar-refractivity contribution in [1.82, 2.24) is 0 Å². The van der Waals surface area contributed by atoms with Crippen molar-refractivity contribution in [2.75, 3.05) is 54.5 Å². The van der Waals surface area contributed by atoms with Crippen molar-refractivity contribution in [3.63, 3.8) is 0 Å². The van der Waals surface area contributed by atoms with Crippen LogP contribution >= 0.6 is 0 Å². The van der Waals surface area contributed by atoms with Gasteiger partial charge in [0.15, 0.2) is 5.82 Å². The number of amides is 1. The monoisotopic (exact) mass is 1140 g/mol. The average molecular weight is 1140 g/mol. The van der Waals surface area contributed by atoms with Crippen LogP contribution in [0.1, 0.15) is 21.5 Å². The zero-order valence-corrected chi connectivity index (χ0v) is 58.9. The number of hydrogen-bond donors (Lipinski definition) is 1. The van der Waals surface area contributed by atoms with Crippen LogP contribution in [0.25, 0.3) is 33.4 Å². The van der Waals surface area contributed by atoms with E-state index in [-0.39, 0.29) is 395 Å². The van der Waals surface area contributed by atoms with Crippen molar-refractivity contribution in [3.8, 4) is 39.7 Å². The van der Waals surface area contributed by atoms with Crippen LogP contribution in [0.4, 0.5) is 25.8 Å². The molecule has 0 atom stereocenters. The quantitative estimate of drug-likeness (QED) is 0.0422. The molecule has 4 aromatic rings. The zero-order chi connectivity index (χ0) is 48.0. The van der Waals surface area contributed by atoms with Crippen molar-refractivity contribution < 1.29 is 390 Å².